The van der Waals surface area contributed by atoms with E-state index < -0.39 is 12.1 Å². The lowest BCUT2D eigenvalue weighted by Gasteiger charge is -2.13. The van der Waals surface area contributed by atoms with Crippen molar-refractivity contribution in [2.24, 2.45) is 5.92 Å². The van der Waals surface area contributed by atoms with E-state index in [1.165, 1.54) is 6.07 Å². The number of hydrogen-bond acceptors (Lipinski definition) is 3. The zero-order valence-corrected chi connectivity index (χ0v) is 9.00. The number of nitriles is 1. The highest BCUT2D eigenvalue weighted by molar-refractivity contribution is 7.99. The lowest BCUT2D eigenvalue weighted by atomic mass is 10.1. The van der Waals surface area contributed by atoms with E-state index in [9.17, 15) is 13.2 Å². The summed E-state index contributed by atoms with van der Waals surface area (Å²) in [6.45, 7) is 3.65. The summed E-state index contributed by atoms with van der Waals surface area (Å²) < 4.78 is 36.2. The van der Waals surface area contributed by atoms with Crippen LogP contribution in [-0.4, -0.2) is 30.8 Å². The molecule has 0 rings (SSSR count). The minimum Gasteiger partial charge on any atom is -0.314 e. The fourth-order valence-corrected chi connectivity index (χ4v) is 1.41. The number of thioether (sulfide) groups is 1. The molecule has 0 aliphatic heterocycles. The molecule has 0 saturated heterocycles. The molecule has 0 fully saturated rings. The largest absolute Gasteiger partial charge is 0.405 e. The van der Waals surface area contributed by atoms with Crippen molar-refractivity contribution in [3.05, 3.63) is 12.7 Å². The lowest BCUT2D eigenvalue weighted by Crippen LogP contribution is -2.33. The van der Waals surface area contributed by atoms with Crippen LogP contribution in [0.25, 0.3) is 0 Å². The number of alkyl halides is 3. The highest BCUT2D eigenvalue weighted by Gasteiger charge is 2.39. The van der Waals surface area contributed by atoms with E-state index in [2.05, 4.69) is 11.9 Å². The second-order valence-electron chi connectivity index (χ2n) is 2.79. The molecule has 15 heavy (non-hydrogen) atoms. The summed E-state index contributed by atoms with van der Waals surface area (Å²) in [7, 11) is 0. The predicted molar refractivity (Wildman–Crippen MR) is 55.5 cm³/mol. The summed E-state index contributed by atoms with van der Waals surface area (Å²) in [5, 5.41) is 10.9. The molecule has 1 N–H and O–H groups in total. The maximum Gasteiger partial charge on any atom is 0.405 e. The maximum atomic E-state index is 12.1. The van der Waals surface area contributed by atoms with E-state index in [0.29, 0.717) is 12.3 Å². The molecule has 86 valence electrons. The molecule has 2 nitrogen and oxygen atoms in total. The van der Waals surface area contributed by atoms with Gasteiger partial charge in [0.25, 0.3) is 0 Å². The summed E-state index contributed by atoms with van der Waals surface area (Å²) in [6, 6.07) is 1.23. The van der Waals surface area contributed by atoms with Crippen molar-refractivity contribution in [2.45, 2.75) is 6.18 Å². The second kappa shape index (κ2) is 7.60. The molecule has 0 saturated carbocycles. The Labute approximate surface area is 91.5 Å². The molecule has 0 aliphatic carbocycles. The Morgan fingerprint density at radius 3 is 2.67 bits per heavy atom. The third kappa shape index (κ3) is 7.28. The van der Waals surface area contributed by atoms with Crippen molar-refractivity contribution in [3.8, 4) is 6.07 Å². The van der Waals surface area contributed by atoms with Gasteiger partial charge in [-0.2, -0.15) is 30.2 Å². The van der Waals surface area contributed by atoms with Gasteiger partial charge >= 0.3 is 6.18 Å². The lowest BCUT2D eigenvalue weighted by molar-refractivity contribution is -0.157. The van der Waals surface area contributed by atoms with Crippen molar-refractivity contribution >= 4 is 11.8 Å². The summed E-state index contributed by atoms with van der Waals surface area (Å²) in [5.41, 5.74) is 0. The average Bonchev–Trinajstić information content (AvgIpc) is 2.15. The monoisotopic (exact) mass is 238 g/mol. The van der Waals surface area contributed by atoms with Crippen LogP contribution in [-0.2, 0) is 0 Å². The zero-order chi connectivity index (χ0) is 11.7. The van der Waals surface area contributed by atoms with Crippen molar-refractivity contribution in [2.75, 3.05) is 24.6 Å². The van der Waals surface area contributed by atoms with Gasteiger partial charge in [-0.3, -0.25) is 0 Å². The van der Waals surface area contributed by atoms with Gasteiger partial charge < -0.3 is 5.32 Å². The van der Waals surface area contributed by atoms with E-state index in [1.807, 2.05) is 0 Å². The fourth-order valence-electron chi connectivity index (χ4n) is 0.792. The van der Waals surface area contributed by atoms with Crippen LogP contribution in [0.1, 0.15) is 0 Å². The molecule has 0 aromatic carbocycles. The van der Waals surface area contributed by atoms with Gasteiger partial charge in [-0.25, -0.2) is 0 Å². The normalized spacial score (nSPS) is 13.2. The molecular weight excluding hydrogens is 225 g/mol. The smallest absolute Gasteiger partial charge is 0.314 e. The highest BCUT2D eigenvalue weighted by Crippen LogP contribution is 2.24. The Morgan fingerprint density at radius 1 is 1.53 bits per heavy atom. The van der Waals surface area contributed by atoms with Crippen molar-refractivity contribution in [1.29, 1.82) is 5.26 Å². The van der Waals surface area contributed by atoms with E-state index in [4.69, 9.17) is 5.26 Å². The molecule has 0 aromatic heterocycles. The summed E-state index contributed by atoms with van der Waals surface area (Å²) in [4.78, 5) is 0. The van der Waals surface area contributed by atoms with Crippen LogP contribution >= 0.6 is 11.8 Å². The first-order chi connectivity index (χ1) is 7.02. The summed E-state index contributed by atoms with van der Waals surface area (Å²) in [6.07, 6.45) is -2.70. The molecule has 0 aromatic rings. The van der Waals surface area contributed by atoms with Crippen molar-refractivity contribution in [3.63, 3.8) is 0 Å². The number of rotatable bonds is 7. The van der Waals surface area contributed by atoms with Crippen LogP contribution in [0.4, 0.5) is 13.2 Å². The van der Waals surface area contributed by atoms with Gasteiger partial charge in [0.15, 0.2) is 5.92 Å². The van der Waals surface area contributed by atoms with Crippen LogP contribution in [0.3, 0.4) is 0 Å². The van der Waals surface area contributed by atoms with Gasteiger partial charge in [0.05, 0.1) is 6.07 Å². The first-order valence-electron chi connectivity index (χ1n) is 4.38. The number of nitrogens with one attached hydrogen (secondary N) is 1. The SMILES string of the molecule is C=CCSCCNCC(C#N)C(F)(F)F. The van der Waals surface area contributed by atoms with Crippen molar-refractivity contribution in [1.82, 2.24) is 5.32 Å². The van der Waals surface area contributed by atoms with Gasteiger partial charge in [-0.15, -0.1) is 6.58 Å². The summed E-state index contributed by atoms with van der Waals surface area (Å²) >= 11 is 1.58. The number of hydrogen-bond donors (Lipinski definition) is 1. The van der Waals surface area contributed by atoms with Crippen molar-refractivity contribution < 1.29 is 13.2 Å². The van der Waals surface area contributed by atoms with Crippen LogP contribution < -0.4 is 5.32 Å². The Kier molecular flexibility index (Phi) is 7.26. The summed E-state index contributed by atoms with van der Waals surface area (Å²) in [5.74, 6) is -0.424. The van der Waals surface area contributed by atoms with Crippen LogP contribution in [0.5, 0.6) is 0 Å². The fraction of sp³-hybridized carbons (Fsp3) is 0.667. The van der Waals surface area contributed by atoms with Crippen LogP contribution in [0.2, 0.25) is 0 Å². The van der Waals surface area contributed by atoms with Gasteiger partial charge in [-0.05, 0) is 0 Å². The highest BCUT2D eigenvalue weighted by atomic mass is 32.2. The first kappa shape index (κ1) is 14.3. The molecule has 0 bridgehead atoms. The van der Waals surface area contributed by atoms with Gasteiger partial charge in [0.1, 0.15) is 0 Å². The molecular formula is C9H13F3N2S. The number of halogens is 3. The van der Waals surface area contributed by atoms with Gasteiger partial charge in [0.2, 0.25) is 0 Å². The standard InChI is InChI=1S/C9H13F3N2S/c1-2-4-15-5-3-14-7-8(6-13)9(10,11)12/h2,8,14H,1,3-5,7H2. The average molecular weight is 238 g/mol. The topological polar surface area (TPSA) is 35.8 Å². The molecule has 0 radical (unpaired) electrons. The maximum absolute atomic E-state index is 12.1. The van der Waals surface area contributed by atoms with Crippen LogP contribution in [0, 0.1) is 17.2 Å². The Balaban J connectivity index is 3.57. The van der Waals surface area contributed by atoms with Gasteiger partial charge in [0, 0.05) is 24.6 Å². The van der Waals surface area contributed by atoms with Crippen LogP contribution in [0.15, 0.2) is 12.7 Å². The molecule has 0 amide bonds. The zero-order valence-electron chi connectivity index (χ0n) is 8.18. The Bertz CT molecular complexity index is 222. The quantitative estimate of drug-likeness (QED) is 0.545. The molecule has 0 heterocycles. The molecule has 1 unspecified atom stereocenters. The Morgan fingerprint density at radius 2 is 2.20 bits per heavy atom. The van der Waals surface area contributed by atoms with Gasteiger partial charge in [-0.1, -0.05) is 6.08 Å². The first-order valence-corrected chi connectivity index (χ1v) is 5.53. The predicted octanol–water partition coefficient (Wildman–Crippen LogP) is 2.20. The second-order valence-corrected chi connectivity index (χ2v) is 3.94. The van der Waals surface area contributed by atoms with E-state index in [1.54, 1.807) is 17.8 Å². The third-order valence-corrected chi connectivity index (χ3v) is 2.52. The third-order valence-electron chi connectivity index (χ3n) is 1.56. The van der Waals surface area contributed by atoms with E-state index in [-0.39, 0.29) is 6.54 Å². The van der Waals surface area contributed by atoms with E-state index in [0.717, 1.165) is 5.75 Å². The molecule has 6 heteroatoms. The minimum absolute atomic E-state index is 0.339. The molecule has 0 spiro atoms. The minimum atomic E-state index is -4.43. The molecule has 0 aliphatic rings. The Hall–Kier alpha value is -0.670. The number of nitrogens with zero attached hydrogens (tertiary/aromatic N) is 1. The molecule has 1 atom stereocenters. The van der Waals surface area contributed by atoms with E-state index >= 15 is 0 Å².